The molecule has 0 unspecified atom stereocenters. The maximum Gasteiger partial charge on any atom is 0.232 e. The fourth-order valence-electron chi connectivity index (χ4n) is 3.18. The Labute approximate surface area is 152 Å². The molecule has 3 aromatic rings. The molecule has 0 aliphatic carbocycles. The Hall–Kier alpha value is -3.15. The van der Waals surface area contributed by atoms with Gasteiger partial charge in [0.25, 0.3) is 0 Å². The molecule has 1 aliphatic heterocycles. The van der Waals surface area contributed by atoms with Crippen LogP contribution in [0.4, 0.5) is 11.6 Å². The van der Waals surface area contributed by atoms with E-state index in [0.29, 0.717) is 18.8 Å². The van der Waals surface area contributed by atoms with Gasteiger partial charge in [0, 0.05) is 20.1 Å². The van der Waals surface area contributed by atoms with E-state index in [9.17, 15) is 4.79 Å². The summed E-state index contributed by atoms with van der Waals surface area (Å²) in [7, 11) is 3.60. The van der Waals surface area contributed by atoms with Crippen LogP contribution in [0.1, 0.15) is 5.56 Å². The third-order valence-corrected chi connectivity index (χ3v) is 4.60. The van der Waals surface area contributed by atoms with E-state index in [1.54, 1.807) is 12.0 Å². The van der Waals surface area contributed by atoms with Crippen LogP contribution in [-0.2, 0) is 11.2 Å². The number of nitrogens with zero attached hydrogens (tertiary/aromatic N) is 4. The number of hydrogen-bond donors (Lipinski definition) is 0. The van der Waals surface area contributed by atoms with Gasteiger partial charge in [-0.3, -0.25) is 9.69 Å². The number of methoxy groups -OCH3 is 1. The average Bonchev–Trinajstić information content (AvgIpc) is 2.67. The Kier molecular flexibility index (Phi) is 4.16. The van der Waals surface area contributed by atoms with Gasteiger partial charge in [-0.05, 0) is 29.8 Å². The van der Waals surface area contributed by atoms with Gasteiger partial charge in [-0.25, -0.2) is 9.97 Å². The normalized spacial score (nSPS) is 13.6. The SMILES string of the molecule is COc1cccc(CC(=O)N2CCN(C)c3nc4ccccc4nc32)c1. The predicted molar refractivity (Wildman–Crippen MR) is 102 cm³/mol. The zero-order valence-corrected chi connectivity index (χ0v) is 14.8. The number of ether oxygens (including phenoxy) is 1. The van der Waals surface area contributed by atoms with Crippen molar-refractivity contribution < 1.29 is 9.53 Å². The Morgan fingerprint density at radius 2 is 1.77 bits per heavy atom. The fraction of sp³-hybridized carbons (Fsp3) is 0.250. The maximum atomic E-state index is 13.0. The van der Waals surface area contributed by atoms with Gasteiger partial charge < -0.3 is 9.64 Å². The number of carbonyl (C=O) groups excluding carboxylic acids is 1. The number of carbonyl (C=O) groups is 1. The molecule has 0 atom stereocenters. The highest BCUT2D eigenvalue weighted by Gasteiger charge is 2.28. The van der Waals surface area contributed by atoms with E-state index in [-0.39, 0.29) is 5.91 Å². The number of amides is 1. The average molecular weight is 348 g/mol. The van der Waals surface area contributed by atoms with Gasteiger partial charge in [0.15, 0.2) is 11.6 Å². The van der Waals surface area contributed by atoms with Crippen LogP contribution in [0.5, 0.6) is 5.75 Å². The van der Waals surface area contributed by atoms with Crippen LogP contribution in [0, 0.1) is 0 Å². The van der Waals surface area contributed by atoms with E-state index in [2.05, 4.69) is 0 Å². The molecule has 0 N–H and O–H groups in total. The van der Waals surface area contributed by atoms with E-state index in [0.717, 1.165) is 34.7 Å². The zero-order valence-electron chi connectivity index (χ0n) is 14.8. The summed E-state index contributed by atoms with van der Waals surface area (Å²) in [5, 5.41) is 0. The second kappa shape index (κ2) is 6.63. The van der Waals surface area contributed by atoms with E-state index < -0.39 is 0 Å². The summed E-state index contributed by atoms with van der Waals surface area (Å²) in [5.74, 6) is 2.14. The van der Waals surface area contributed by atoms with Crippen molar-refractivity contribution in [3.8, 4) is 5.75 Å². The summed E-state index contributed by atoms with van der Waals surface area (Å²) in [6.07, 6.45) is 0.300. The maximum absolute atomic E-state index is 13.0. The van der Waals surface area contributed by atoms with Gasteiger partial charge in [-0.1, -0.05) is 24.3 Å². The van der Waals surface area contributed by atoms with Crippen molar-refractivity contribution in [1.29, 1.82) is 0 Å². The molecule has 0 saturated carbocycles. The molecule has 1 amide bonds. The second-order valence-corrected chi connectivity index (χ2v) is 6.35. The second-order valence-electron chi connectivity index (χ2n) is 6.35. The molecule has 0 saturated heterocycles. The van der Waals surface area contributed by atoms with Gasteiger partial charge in [0.1, 0.15) is 5.75 Å². The molecule has 2 aromatic carbocycles. The molecular formula is C20H20N4O2. The van der Waals surface area contributed by atoms with Crippen LogP contribution in [-0.4, -0.2) is 43.1 Å². The summed E-state index contributed by atoms with van der Waals surface area (Å²) >= 11 is 0. The lowest BCUT2D eigenvalue weighted by molar-refractivity contribution is -0.118. The van der Waals surface area contributed by atoms with E-state index in [4.69, 9.17) is 14.7 Å². The Bertz CT molecular complexity index is 973. The molecule has 4 rings (SSSR count). The number of rotatable bonds is 3. The van der Waals surface area contributed by atoms with Crippen LogP contribution in [0.15, 0.2) is 48.5 Å². The monoisotopic (exact) mass is 348 g/mol. The Balaban J connectivity index is 1.68. The third kappa shape index (κ3) is 2.94. The molecule has 1 aliphatic rings. The van der Waals surface area contributed by atoms with Crippen molar-refractivity contribution in [3.63, 3.8) is 0 Å². The molecule has 0 spiro atoms. The largest absolute Gasteiger partial charge is 0.497 e. The molecule has 6 heteroatoms. The van der Waals surface area contributed by atoms with Gasteiger partial charge in [0.05, 0.1) is 24.6 Å². The van der Waals surface area contributed by atoms with E-state index in [1.807, 2.05) is 60.5 Å². The molecule has 0 bridgehead atoms. The fourth-order valence-corrected chi connectivity index (χ4v) is 3.18. The minimum Gasteiger partial charge on any atom is -0.497 e. The lowest BCUT2D eigenvalue weighted by Gasteiger charge is -2.33. The van der Waals surface area contributed by atoms with Crippen LogP contribution in [0.3, 0.4) is 0 Å². The first-order valence-corrected chi connectivity index (χ1v) is 8.57. The lowest BCUT2D eigenvalue weighted by Crippen LogP contribution is -2.44. The van der Waals surface area contributed by atoms with Crippen molar-refractivity contribution in [2.45, 2.75) is 6.42 Å². The topological polar surface area (TPSA) is 58.6 Å². The molecule has 0 fully saturated rings. The van der Waals surface area contributed by atoms with E-state index in [1.165, 1.54) is 0 Å². The molecule has 1 aromatic heterocycles. The van der Waals surface area contributed by atoms with Gasteiger partial charge in [-0.15, -0.1) is 0 Å². The minimum atomic E-state index is 0.0113. The summed E-state index contributed by atoms with van der Waals surface area (Å²) in [5.41, 5.74) is 2.55. The molecule has 132 valence electrons. The molecule has 2 heterocycles. The number of aromatic nitrogens is 2. The summed E-state index contributed by atoms with van der Waals surface area (Å²) in [6, 6.07) is 15.3. The highest BCUT2D eigenvalue weighted by Crippen LogP contribution is 2.31. The van der Waals surface area contributed by atoms with Crippen LogP contribution >= 0.6 is 0 Å². The number of fused-ring (bicyclic) bond motifs is 2. The number of anilines is 2. The van der Waals surface area contributed by atoms with Gasteiger partial charge >= 0.3 is 0 Å². The first-order valence-electron chi connectivity index (χ1n) is 8.57. The minimum absolute atomic E-state index is 0.0113. The van der Waals surface area contributed by atoms with Crippen LogP contribution in [0.25, 0.3) is 11.0 Å². The zero-order chi connectivity index (χ0) is 18.1. The number of benzene rings is 2. The van der Waals surface area contributed by atoms with Gasteiger partial charge in [0.2, 0.25) is 5.91 Å². The first-order chi connectivity index (χ1) is 12.7. The predicted octanol–water partition coefficient (Wildman–Crippen LogP) is 2.66. The highest BCUT2D eigenvalue weighted by molar-refractivity contribution is 5.98. The first kappa shape index (κ1) is 16.3. The van der Waals surface area contributed by atoms with Crippen molar-refractivity contribution in [2.75, 3.05) is 37.0 Å². The standard InChI is InChI=1S/C20H20N4O2/c1-23-10-11-24(18(25)13-14-6-5-7-15(12-14)26-2)20-19(23)21-16-8-3-4-9-17(16)22-20/h3-9,12H,10-11,13H2,1-2H3. The third-order valence-electron chi connectivity index (χ3n) is 4.60. The molecule has 0 radical (unpaired) electrons. The number of hydrogen-bond acceptors (Lipinski definition) is 5. The molecule has 6 nitrogen and oxygen atoms in total. The molecule has 26 heavy (non-hydrogen) atoms. The smallest absolute Gasteiger partial charge is 0.232 e. The van der Waals surface area contributed by atoms with Crippen molar-refractivity contribution >= 4 is 28.6 Å². The number of likely N-dealkylation sites (N-methyl/N-ethyl adjacent to an activating group) is 1. The van der Waals surface area contributed by atoms with Crippen LogP contribution in [0.2, 0.25) is 0 Å². The van der Waals surface area contributed by atoms with E-state index >= 15 is 0 Å². The van der Waals surface area contributed by atoms with Gasteiger partial charge in [-0.2, -0.15) is 0 Å². The quantitative estimate of drug-likeness (QED) is 0.728. The van der Waals surface area contributed by atoms with Crippen molar-refractivity contribution in [2.24, 2.45) is 0 Å². The lowest BCUT2D eigenvalue weighted by atomic mass is 10.1. The Morgan fingerprint density at radius 3 is 2.50 bits per heavy atom. The van der Waals surface area contributed by atoms with Crippen molar-refractivity contribution in [1.82, 2.24) is 9.97 Å². The van der Waals surface area contributed by atoms with Crippen LogP contribution < -0.4 is 14.5 Å². The Morgan fingerprint density at radius 1 is 1.04 bits per heavy atom. The summed E-state index contributed by atoms with van der Waals surface area (Å²) in [6.45, 7) is 1.32. The summed E-state index contributed by atoms with van der Waals surface area (Å²) in [4.78, 5) is 26.2. The highest BCUT2D eigenvalue weighted by atomic mass is 16.5. The number of para-hydroxylation sites is 2. The molecular weight excluding hydrogens is 328 g/mol. The summed E-state index contributed by atoms with van der Waals surface area (Å²) < 4.78 is 5.25. The van der Waals surface area contributed by atoms with Crippen molar-refractivity contribution in [3.05, 3.63) is 54.1 Å².